The van der Waals surface area contributed by atoms with Crippen LogP contribution in [-0.4, -0.2) is 21.7 Å². The van der Waals surface area contributed by atoms with Crippen LogP contribution in [0.4, 0.5) is 5.69 Å². The predicted octanol–water partition coefficient (Wildman–Crippen LogP) is 2.82. The standard InChI is InChI=1S/C14H13N3O2/c1-10-14(15-13-8-4-5-9-16(10)13)11-6-2-3-7-12(11)17(18)19/h2-10,14H,1H3. The molecule has 0 spiro atoms. The average Bonchev–Trinajstić information content (AvgIpc) is 2.76. The number of benzene rings is 1. The van der Waals surface area contributed by atoms with Crippen LogP contribution in [0.3, 0.4) is 0 Å². The van der Waals surface area contributed by atoms with Crippen molar-refractivity contribution in [2.24, 2.45) is 4.99 Å². The van der Waals surface area contributed by atoms with Crippen LogP contribution >= 0.6 is 0 Å². The lowest BCUT2D eigenvalue weighted by Gasteiger charge is -2.24. The number of para-hydroxylation sites is 1. The summed E-state index contributed by atoms with van der Waals surface area (Å²) in [6, 6.07) is 6.70. The van der Waals surface area contributed by atoms with Crippen molar-refractivity contribution in [1.29, 1.82) is 0 Å². The van der Waals surface area contributed by atoms with Crippen molar-refractivity contribution in [3.05, 3.63) is 64.4 Å². The third-order valence-electron chi connectivity index (χ3n) is 3.49. The fourth-order valence-corrected chi connectivity index (χ4v) is 2.54. The summed E-state index contributed by atoms with van der Waals surface area (Å²) in [4.78, 5) is 17.4. The molecule has 2 aliphatic heterocycles. The van der Waals surface area contributed by atoms with Gasteiger partial charge in [0.2, 0.25) is 0 Å². The highest BCUT2D eigenvalue weighted by Gasteiger charge is 2.35. The number of hydrogen-bond donors (Lipinski definition) is 0. The van der Waals surface area contributed by atoms with Crippen molar-refractivity contribution in [3.8, 4) is 0 Å². The molecule has 1 aromatic rings. The Balaban J connectivity index is 2.05. The molecule has 1 aromatic carbocycles. The SMILES string of the molecule is CC1C(c2ccccc2[N+](=O)[O-])N=C2C=CC=CN21. The van der Waals surface area contributed by atoms with Crippen LogP contribution in [0.5, 0.6) is 0 Å². The fraction of sp³-hybridized carbons (Fsp3) is 0.214. The first-order valence-corrected chi connectivity index (χ1v) is 6.13. The van der Waals surface area contributed by atoms with E-state index in [1.54, 1.807) is 12.1 Å². The van der Waals surface area contributed by atoms with E-state index in [0.717, 1.165) is 5.84 Å². The van der Waals surface area contributed by atoms with Crippen LogP contribution in [-0.2, 0) is 0 Å². The number of rotatable bonds is 2. The quantitative estimate of drug-likeness (QED) is 0.603. The summed E-state index contributed by atoms with van der Waals surface area (Å²) in [5, 5.41) is 11.1. The van der Waals surface area contributed by atoms with E-state index < -0.39 is 0 Å². The predicted molar refractivity (Wildman–Crippen MR) is 72.9 cm³/mol. The minimum atomic E-state index is -0.342. The molecular formula is C14H13N3O2. The molecule has 5 heteroatoms. The second-order valence-electron chi connectivity index (χ2n) is 4.60. The van der Waals surface area contributed by atoms with Gasteiger partial charge in [0.1, 0.15) is 11.9 Å². The summed E-state index contributed by atoms with van der Waals surface area (Å²) in [5.74, 6) is 0.859. The van der Waals surface area contributed by atoms with Gasteiger partial charge in [0.25, 0.3) is 5.69 Å². The Bertz CT molecular complexity index is 619. The molecule has 2 unspecified atom stereocenters. The average molecular weight is 255 g/mol. The van der Waals surface area contributed by atoms with Crippen LogP contribution in [0.25, 0.3) is 0 Å². The number of nitro benzene ring substituents is 1. The number of allylic oxidation sites excluding steroid dienone is 2. The maximum absolute atomic E-state index is 11.1. The molecule has 2 atom stereocenters. The molecule has 0 saturated carbocycles. The summed E-state index contributed by atoms with van der Waals surface area (Å²) in [6.45, 7) is 2.03. The Hall–Kier alpha value is -2.43. The molecule has 0 radical (unpaired) electrons. The molecule has 0 saturated heterocycles. The highest BCUT2D eigenvalue weighted by molar-refractivity contribution is 5.96. The lowest BCUT2D eigenvalue weighted by Crippen LogP contribution is -2.30. The number of nitrogens with zero attached hydrogens (tertiary/aromatic N) is 3. The molecule has 2 heterocycles. The molecule has 0 amide bonds. The van der Waals surface area contributed by atoms with Gasteiger partial charge in [0, 0.05) is 12.3 Å². The molecule has 3 rings (SSSR count). The third-order valence-corrected chi connectivity index (χ3v) is 3.49. The molecule has 0 aromatic heterocycles. The van der Waals surface area contributed by atoms with Gasteiger partial charge in [0.15, 0.2) is 0 Å². The first-order chi connectivity index (χ1) is 9.18. The number of hydrogen-bond acceptors (Lipinski definition) is 4. The third kappa shape index (κ3) is 1.83. The number of amidine groups is 1. The Labute approximate surface area is 110 Å². The molecule has 5 nitrogen and oxygen atoms in total. The minimum absolute atomic E-state index is 0.0808. The van der Waals surface area contributed by atoms with Gasteiger partial charge in [-0.25, -0.2) is 0 Å². The van der Waals surface area contributed by atoms with Gasteiger partial charge in [-0.2, -0.15) is 0 Å². The van der Waals surface area contributed by atoms with E-state index in [-0.39, 0.29) is 22.7 Å². The number of nitro groups is 1. The Morgan fingerprint density at radius 1 is 1.32 bits per heavy atom. The summed E-state index contributed by atoms with van der Waals surface area (Å²) >= 11 is 0. The van der Waals surface area contributed by atoms with Gasteiger partial charge in [0.05, 0.1) is 16.5 Å². The zero-order chi connectivity index (χ0) is 13.4. The lowest BCUT2D eigenvalue weighted by atomic mass is 9.99. The van der Waals surface area contributed by atoms with Crippen molar-refractivity contribution in [2.75, 3.05) is 0 Å². The zero-order valence-electron chi connectivity index (χ0n) is 10.4. The van der Waals surface area contributed by atoms with Gasteiger partial charge in [-0.1, -0.05) is 18.2 Å². The van der Waals surface area contributed by atoms with Crippen molar-refractivity contribution < 1.29 is 4.92 Å². The van der Waals surface area contributed by atoms with E-state index in [4.69, 9.17) is 0 Å². The first kappa shape index (κ1) is 11.6. The molecule has 96 valence electrons. The molecule has 2 aliphatic rings. The number of aliphatic imine (C=N–C) groups is 1. The van der Waals surface area contributed by atoms with Crippen molar-refractivity contribution in [3.63, 3.8) is 0 Å². The van der Waals surface area contributed by atoms with Gasteiger partial charge < -0.3 is 4.90 Å². The summed E-state index contributed by atoms with van der Waals surface area (Å²) < 4.78 is 0. The van der Waals surface area contributed by atoms with Crippen LogP contribution in [0.2, 0.25) is 0 Å². The van der Waals surface area contributed by atoms with E-state index in [1.807, 2.05) is 42.3 Å². The van der Waals surface area contributed by atoms with Crippen LogP contribution in [0, 0.1) is 10.1 Å². The summed E-state index contributed by atoms with van der Waals surface area (Å²) in [6.07, 6.45) is 7.74. The van der Waals surface area contributed by atoms with E-state index in [2.05, 4.69) is 4.99 Å². The second kappa shape index (κ2) is 4.35. The lowest BCUT2D eigenvalue weighted by molar-refractivity contribution is -0.385. The minimum Gasteiger partial charge on any atom is -0.328 e. The highest BCUT2D eigenvalue weighted by Crippen LogP contribution is 2.36. The maximum Gasteiger partial charge on any atom is 0.274 e. The van der Waals surface area contributed by atoms with Gasteiger partial charge >= 0.3 is 0 Å². The molecule has 19 heavy (non-hydrogen) atoms. The van der Waals surface area contributed by atoms with Crippen LogP contribution < -0.4 is 0 Å². The van der Waals surface area contributed by atoms with E-state index in [0.29, 0.717) is 5.56 Å². The first-order valence-electron chi connectivity index (χ1n) is 6.13. The largest absolute Gasteiger partial charge is 0.328 e. The Morgan fingerprint density at radius 2 is 2.11 bits per heavy atom. The summed E-state index contributed by atoms with van der Waals surface area (Å²) in [7, 11) is 0. The fourth-order valence-electron chi connectivity index (χ4n) is 2.54. The van der Waals surface area contributed by atoms with Crippen LogP contribution in [0.15, 0.2) is 53.7 Å². The molecule has 0 bridgehead atoms. The maximum atomic E-state index is 11.1. The van der Waals surface area contributed by atoms with E-state index >= 15 is 0 Å². The van der Waals surface area contributed by atoms with Gasteiger partial charge in [-0.3, -0.25) is 15.1 Å². The molecular weight excluding hydrogens is 242 g/mol. The van der Waals surface area contributed by atoms with Crippen LogP contribution in [0.1, 0.15) is 18.5 Å². The number of fused-ring (bicyclic) bond motifs is 1. The summed E-state index contributed by atoms with van der Waals surface area (Å²) in [5.41, 5.74) is 0.806. The smallest absolute Gasteiger partial charge is 0.274 e. The monoisotopic (exact) mass is 255 g/mol. The second-order valence-corrected chi connectivity index (χ2v) is 4.60. The zero-order valence-corrected chi connectivity index (χ0v) is 10.4. The van der Waals surface area contributed by atoms with Crippen molar-refractivity contribution >= 4 is 11.5 Å². The van der Waals surface area contributed by atoms with Crippen molar-refractivity contribution in [2.45, 2.75) is 19.0 Å². The molecule has 0 fully saturated rings. The highest BCUT2D eigenvalue weighted by atomic mass is 16.6. The normalized spacial score (nSPS) is 24.3. The topological polar surface area (TPSA) is 58.7 Å². The van der Waals surface area contributed by atoms with E-state index in [1.165, 1.54) is 6.07 Å². The Morgan fingerprint density at radius 3 is 2.84 bits per heavy atom. The molecule has 0 aliphatic carbocycles. The van der Waals surface area contributed by atoms with Gasteiger partial charge in [-0.05, 0) is 25.1 Å². The van der Waals surface area contributed by atoms with E-state index in [9.17, 15) is 10.1 Å². The molecule has 0 N–H and O–H groups in total. The van der Waals surface area contributed by atoms with Gasteiger partial charge in [-0.15, -0.1) is 0 Å². The van der Waals surface area contributed by atoms with Crippen molar-refractivity contribution in [1.82, 2.24) is 4.90 Å². The Kier molecular flexibility index (Phi) is 2.67.